The molecule has 2 unspecified atom stereocenters. The van der Waals surface area contributed by atoms with Crippen molar-refractivity contribution in [2.75, 3.05) is 31.6 Å². The smallest absolute Gasteiger partial charge is 0.221 e. The molecule has 1 saturated heterocycles. The number of anilines is 1. The minimum Gasteiger partial charge on any atom is -0.381 e. The monoisotopic (exact) mass is 237 g/mol. The molecule has 0 radical (unpaired) electrons. The summed E-state index contributed by atoms with van der Waals surface area (Å²) in [6.45, 7) is 3.31. The minimum absolute atomic E-state index is 0.438. The number of rotatable bonds is 3. The molecule has 6 heteroatoms. The third kappa shape index (κ3) is 2.02. The minimum atomic E-state index is 0.438. The molecule has 3 N–H and O–H groups in total. The number of hydrogen-bond donors (Lipinski definition) is 2. The molecule has 3 heterocycles. The number of nitrogens with two attached hydrogens (primary N) is 1. The van der Waals surface area contributed by atoms with Gasteiger partial charge in [0.25, 0.3) is 0 Å². The molecule has 94 valence electrons. The summed E-state index contributed by atoms with van der Waals surface area (Å²) in [6, 6.07) is 0.438. The van der Waals surface area contributed by atoms with Gasteiger partial charge in [-0.3, -0.25) is 0 Å². The maximum Gasteiger partial charge on any atom is 0.221 e. The molecule has 3 rings (SSSR count). The van der Waals surface area contributed by atoms with Crippen molar-refractivity contribution in [1.29, 1.82) is 0 Å². The second-order valence-corrected chi connectivity index (χ2v) is 4.74. The Morgan fingerprint density at radius 3 is 3.18 bits per heavy atom. The summed E-state index contributed by atoms with van der Waals surface area (Å²) in [4.78, 5) is 4.48. The van der Waals surface area contributed by atoms with Crippen molar-refractivity contribution in [1.82, 2.24) is 14.8 Å². The molecule has 0 aromatic carbocycles. The fourth-order valence-corrected chi connectivity index (χ4v) is 2.70. The number of nitrogens with zero attached hydrogens (tertiary/aromatic N) is 3. The third-order valence-corrected chi connectivity index (χ3v) is 3.59. The lowest BCUT2D eigenvalue weighted by Gasteiger charge is -2.28. The lowest BCUT2D eigenvalue weighted by atomic mass is 9.95. The highest BCUT2D eigenvalue weighted by Crippen LogP contribution is 2.33. The Balaban J connectivity index is 1.84. The molecule has 17 heavy (non-hydrogen) atoms. The van der Waals surface area contributed by atoms with Crippen LogP contribution >= 0.6 is 0 Å². The van der Waals surface area contributed by atoms with Gasteiger partial charge in [0.15, 0.2) is 5.82 Å². The van der Waals surface area contributed by atoms with E-state index in [0.717, 1.165) is 50.8 Å². The maximum atomic E-state index is 5.55. The van der Waals surface area contributed by atoms with Gasteiger partial charge in [-0.25, -0.2) is 4.68 Å². The summed E-state index contributed by atoms with van der Waals surface area (Å²) in [5.74, 6) is 2.33. The van der Waals surface area contributed by atoms with Crippen LogP contribution in [0, 0.1) is 5.92 Å². The Kier molecular flexibility index (Phi) is 2.98. The molecule has 2 aliphatic rings. The van der Waals surface area contributed by atoms with Crippen molar-refractivity contribution in [2.24, 2.45) is 11.7 Å². The zero-order chi connectivity index (χ0) is 11.7. The molecule has 0 amide bonds. The molecule has 1 aromatic heterocycles. The Bertz CT molecular complexity index is 385. The average molecular weight is 237 g/mol. The molecular formula is C11H19N5O. The fourth-order valence-electron chi connectivity index (χ4n) is 2.70. The van der Waals surface area contributed by atoms with Gasteiger partial charge in [-0.15, -0.1) is 0 Å². The number of ether oxygens (including phenoxy) is 1. The van der Waals surface area contributed by atoms with Crippen LogP contribution in [-0.4, -0.2) is 41.1 Å². The van der Waals surface area contributed by atoms with E-state index in [0.29, 0.717) is 18.5 Å². The summed E-state index contributed by atoms with van der Waals surface area (Å²) in [5.41, 5.74) is 5.55. The highest BCUT2D eigenvalue weighted by atomic mass is 16.5. The van der Waals surface area contributed by atoms with Crippen LogP contribution in [0.15, 0.2) is 0 Å². The molecule has 0 spiro atoms. The Morgan fingerprint density at radius 2 is 2.41 bits per heavy atom. The summed E-state index contributed by atoms with van der Waals surface area (Å²) >= 11 is 0. The first-order chi connectivity index (χ1) is 8.38. The highest BCUT2D eigenvalue weighted by Gasteiger charge is 2.32. The summed E-state index contributed by atoms with van der Waals surface area (Å²) in [7, 11) is 0. The SMILES string of the molecule is NCCc1nc2n(n1)C(C1CCOC1)CCN2. The Labute approximate surface area is 101 Å². The van der Waals surface area contributed by atoms with Crippen molar-refractivity contribution in [2.45, 2.75) is 25.3 Å². The van der Waals surface area contributed by atoms with E-state index in [9.17, 15) is 0 Å². The fraction of sp³-hybridized carbons (Fsp3) is 0.818. The van der Waals surface area contributed by atoms with Gasteiger partial charge in [0, 0.05) is 25.5 Å². The maximum absolute atomic E-state index is 5.55. The van der Waals surface area contributed by atoms with Crippen molar-refractivity contribution in [3.63, 3.8) is 0 Å². The van der Waals surface area contributed by atoms with Crippen LogP contribution in [0.5, 0.6) is 0 Å². The van der Waals surface area contributed by atoms with Gasteiger partial charge in [0.1, 0.15) is 0 Å². The summed E-state index contributed by atoms with van der Waals surface area (Å²) in [5, 5.41) is 7.88. The van der Waals surface area contributed by atoms with Crippen molar-refractivity contribution in [3.8, 4) is 0 Å². The van der Waals surface area contributed by atoms with E-state index < -0.39 is 0 Å². The standard InChI is InChI=1S/C11H19N5O/c12-4-1-10-14-11-13-5-2-9(16(11)15-10)8-3-6-17-7-8/h8-9H,1-7,12H2,(H,13,14,15). The van der Waals surface area contributed by atoms with Gasteiger partial charge >= 0.3 is 0 Å². The molecule has 0 aliphatic carbocycles. The van der Waals surface area contributed by atoms with Crippen molar-refractivity contribution in [3.05, 3.63) is 5.82 Å². The highest BCUT2D eigenvalue weighted by molar-refractivity contribution is 5.28. The number of nitrogens with one attached hydrogen (secondary N) is 1. The van der Waals surface area contributed by atoms with Crippen LogP contribution in [-0.2, 0) is 11.2 Å². The zero-order valence-corrected chi connectivity index (χ0v) is 9.93. The van der Waals surface area contributed by atoms with E-state index in [-0.39, 0.29) is 0 Å². The van der Waals surface area contributed by atoms with E-state index in [4.69, 9.17) is 10.5 Å². The number of hydrogen-bond acceptors (Lipinski definition) is 5. The second kappa shape index (κ2) is 4.62. The number of aromatic nitrogens is 3. The van der Waals surface area contributed by atoms with Crippen LogP contribution in [0.4, 0.5) is 5.95 Å². The molecule has 6 nitrogen and oxygen atoms in total. The second-order valence-electron chi connectivity index (χ2n) is 4.74. The van der Waals surface area contributed by atoms with Gasteiger partial charge in [-0.1, -0.05) is 0 Å². The van der Waals surface area contributed by atoms with Crippen LogP contribution in [0.25, 0.3) is 0 Å². The predicted octanol–water partition coefficient (Wildman–Crippen LogP) is 0.172. The molecule has 1 aromatic rings. The molecule has 0 saturated carbocycles. The summed E-state index contributed by atoms with van der Waals surface area (Å²) in [6.07, 6.45) is 2.98. The third-order valence-electron chi connectivity index (χ3n) is 3.59. The Hall–Kier alpha value is -1.14. The van der Waals surface area contributed by atoms with Gasteiger partial charge in [-0.2, -0.15) is 10.1 Å². The number of fused-ring (bicyclic) bond motifs is 1. The van der Waals surface area contributed by atoms with Crippen molar-refractivity contribution >= 4 is 5.95 Å². The van der Waals surface area contributed by atoms with Gasteiger partial charge in [-0.05, 0) is 19.4 Å². The molecular weight excluding hydrogens is 218 g/mol. The van der Waals surface area contributed by atoms with Gasteiger partial charge in [0.2, 0.25) is 5.95 Å². The van der Waals surface area contributed by atoms with Crippen molar-refractivity contribution < 1.29 is 4.74 Å². The first kappa shape index (κ1) is 11.0. The largest absolute Gasteiger partial charge is 0.381 e. The first-order valence-corrected chi connectivity index (χ1v) is 6.35. The van der Waals surface area contributed by atoms with Gasteiger partial charge in [0.05, 0.1) is 12.6 Å². The van der Waals surface area contributed by atoms with E-state index >= 15 is 0 Å². The predicted molar refractivity (Wildman–Crippen MR) is 63.9 cm³/mol. The molecule has 1 fully saturated rings. The average Bonchev–Trinajstić information content (AvgIpc) is 2.97. The molecule has 2 aliphatic heterocycles. The van der Waals surface area contributed by atoms with E-state index in [2.05, 4.69) is 15.4 Å². The zero-order valence-electron chi connectivity index (χ0n) is 9.93. The topological polar surface area (TPSA) is 78.0 Å². The first-order valence-electron chi connectivity index (χ1n) is 6.35. The van der Waals surface area contributed by atoms with Crippen LogP contribution in [0.2, 0.25) is 0 Å². The van der Waals surface area contributed by atoms with E-state index in [1.54, 1.807) is 0 Å². The van der Waals surface area contributed by atoms with E-state index in [1.165, 1.54) is 0 Å². The van der Waals surface area contributed by atoms with Crippen LogP contribution in [0.1, 0.15) is 24.7 Å². The molecule has 2 atom stereocenters. The summed E-state index contributed by atoms with van der Waals surface area (Å²) < 4.78 is 7.53. The lowest BCUT2D eigenvalue weighted by Crippen LogP contribution is -2.29. The van der Waals surface area contributed by atoms with Crippen LogP contribution in [0.3, 0.4) is 0 Å². The lowest BCUT2D eigenvalue weighted by molar-refractivity contribution is 0.167. The van der Waals surface area contributed by atoms with Gasteiger partial charge < -0.3 is 15.8 Å². The van der Waals surface area contributed by atoms with E-state index in [1.807, 2.05) is 4.68 Å². The molecule has 0 bridgehead atoms. The quantitative estimate of drug-likeness (QED) is 0.783. The normalized spacial score (nSPS) is 27.8. The van der Waals surface area contributed by atoms with Crippen LogP contribution < -0.4 is 11.1 Å². The Morgan fingerprint density at radius 1 is 1.47 bits per heavy atom.